The number of halogens is 1. The maximum absolute atomic E-state index is 12.1. The van der Waals surface area contributed by atoms with Crippen molar-refractivity contribution in [3.63, 3.8) is 0 Å². The van der Waals surface area contributed by atoms with Crippen LogP contribution in [0.1, 0.15) is 29.5 Å². The Morgan fingerprint density at radius 2 is 2.20 bits per heavy atom. The molecule has 0 saturated carbocycles. The van der Waals surface area contributed by atoms with Gasteiger partial charge in [-0.15, -0.1) is 0 Å². The third-order valence-corrected chi connectivity index (χ3v) is 3.65. The maximum atomic E-state index is 12.1. The standard InChI is InChI=1S/C13H18BrN5O/c1-3-18-12(11(14)9-17-18)13(20)15-6-4-8-19-10(2)5-7-16-19/h5,7,9H,3-4,6,8H2,1-2H3,(H,15,20). The molecule has 0 aliphatic carbocycles. The second-order valence-electron chi connectivity index (χ2n) is 4.46. The summed E-state index contributed by atoms with van der Waals surface area (Å²) in [7, 11) is 0. The van der Waals surface area contributed by atoms with E-state index in [9.17, 15) is 4.79 Å². The van der Waals surface area contributed by atoms with Gasteiger partial charge in [-0.3, -0.25) is 14.2 Å². The van der Waals surface area contributed by atoms with Gasteiger partial charge in [0, 0.05) is 31.5 Å². The van der Waals surface area contributed by atoms with Crippen LogP contribution in [0.25, 0.3) is 0 Å². The van der Waals surface area contributed by atoms with Crippen molar-refractivity contribution in [3.05, 3.63) is 34.3 Å². The van der Waals surface area contributed by atoms with Crippen LogP contribution in [-0.2, 0) is 13.1 Å². The van der Waals surface area contributed by atoms with E-state index in [-0.39, 0.29) is 5.91 Å². The monoisotopic (exact) mass is 339 g/mol. The molecule has 1 N–H and O–H groups in total. The van der Waals surface area contributed by atoms with Crippen molar-refractivity contribution in [2.24, 2.45) is 0 Å². The molecular formula is C13H18BrN5O. The van der Waals surface area contributed by atoms with Gasteiger partial charge in [0.15, 0.2) is 0 Å². The number of amides is 1. The molecular weight excluding hydrogens is 322 g/mol. The summed E-state index contributed by atoms with van der Waals surface area (Å²) in [5.41, 5.74) is 1.70. The Morgan fingerprint density at radius 1 is 1.40 bits per heavy atom. The van der Waals surface area contributed by atoms with Gasteiger partial charge < -0.3 is 5.32 Å². The Balaban J connectivity index is 1.83. The van der Waals surface area contributed by atoms with Crippen LogP contribution in [0.5, 0.6) is 0 Å². The number of nitrogens with zero attached hydrogens (tertiary/aromatic N) is 4. The number of aryl methyl sites for hydroxylation is 3. The quantitative estimate of drug-likeness (QED) is 0.818. The summed E-state index contributed by atoms with van der Waals surface area (Å²) in [5.74, 6) is -0.103. The van der Waals surface area contributed by atoms with Crippen LogP contribution in [-0.4, -0.2) is 32.0 Å². The number of hydrogen-bond acceptors (Lipinski definition) is 3. The van der Waals surface area contributed by atoms with Crippen LogP contribution in [0.3, 0.4) is 0 Å². The Morgan fingerprint density at radius 3 is 2.85 bits per heavy atom. The topological polar surface area (TPSA) is 64.7 Å². The fourth-order valence-corrected chi connectivity index (χ4v) is 2.45. The van der Waals surface area contributed by atoms with Gasteiger partial charge in [-0.1, -0.05) is 0 Å². The van der Waals surface area contributed by atoms with Gasteiger partial charge in [0.05, 0.1) is 10.7 Å². The van der Waals surface area contributed by atoms with Gasteiger partial charge in [0.2, 0.25) is 0 Å². The lowest BCUT2D eigenvalue weighted by atomic mass is 10.3. The van der Waals surface area contributed by atoms with E-state index >= 15 is 0 Å². The van der Waals surface area contributed by atoms with Crippen LogP contribution in [0.2, 0.25) is 0 Å². The number of nitrogens with one attached hydrogen (secondary N) is 1. The van der Waals surface area contributed by atoms with Gasteiger partial charge in [-0.2, -0.15) is 10.2 Å². The zero-order chi connectivity index (χ0) is 14.5. The normalized spacial score (nSPS) is 10.8. The molecule has 20 heavy (non-hydrogen) atoms. The highest BCUT2D eigenvalue weighted by Crippen LogP contribution is 2.15. The minimum absolute atomic E-state index is 0.103. The second-order valence-corrected chi connectivity index (χ2v) is 5.32. The molecule has 0 spiro atoms. The molecule has 0 aliphatic rings. The van der Waals surface area contributed by atoms with Crippen molar-refractivity contribution in [1.82, 2.24) is 24.9 Å². The minimum Gasteiger partial charge on any atom is -0.351 e. The molecule has 2 rings (SSSR count). The fraction of sp³-hybridized carbons (Fsp3) is 0.462. The summed E-state index contributed by atoms with van der Waals surface area (Å²) in [6, 6.07) is 1.97. The Labute approximate surface area is 126 Å². The molecule has 7 heteroatoms. The molecule has 0 fully saturated rings. The summed E-state index contributed by atoms with van der Waals surface area (Å²) in [4.78, 5) is 12.1. The fourth-order valence-electron chi connectivity index (χ4n) is 1.98. The van der Waals surface area contributed by atoms with Crippen molar-refractivity contribution in [1.29, 1.82) is 0 Å². The number of aromatic nitrogens is 4. The van der Waals surface area contributed by atoms with Gasteiger partial charge in [-0.05, 0) is 42.3 Å². The Kier molecular flexibility index (Phi) is 4.94. The molecule has 0 radical (unpaired) electrons. The van der Waals surface area contributed by atoms with Crippen LogP contribution < -0.4 is 5.32 Å². The van der Waals surface area contributed by atoms with Crippen LogP contribution in [0.4, 0.5) is 0 Å². The molecule has 0 atom stereocenters. The summed E-state index contributed by atoms with van der Waals surface area (Å²) >= 11 is 3.35. The van der Waals surface area contributed by atoms with Crippen molar-refractivity contribution in [2.45, 2.75) is 33.4 Å². The zero-order valence-electron chi connectivity index (χ0n) is 11.6. The van der Waals surface area contributed by atoms with Crippen molar-refractivity contribution >= 4 is 21.8 Å². The first kappa shape index (κ1) is 14.8. The average Bonchev–Trinajstić information content (AvgIpc) is 3.00. The van der Waals surface area contributed by atoms with E-state index in [1.165, 1.54) is 0 Å². The highest BCUT2D eigenvalue weighted by molar-refractivity contribution is 9.10. The number of carbonyl (C=O) groups is 1. The van der Waals surface area contributed by atoms with Gasteiger partial charge in [-0.25, -0.2) is 0 Å². The van der Waals surface area contributed by atoms with Crippen molar-refractivity contribution < 1.29 is 4.79 Å². The molecule has 0 aliphatic heterocycles. The van der Waals surface area contributed by atoms with Crippen molar-refractivity contribution in [2.75, 3.05) is 6.54 Å². The third-order valence-electron chi connectivity index (χ3n) is 3.07. The molecule has 6 nitrogen and oxygen atoms in total. The summed E-state index contributed by atoms with van der Waals surface area (Å²) in [6.45, 7) is 6.05. The average molecular weight is 340 g/mol. The smallest absolute Gasteiger partial charge is 0.270 e. The second kappa shape index (κ2) is 6.69. The van der Waals surface area contributed by atoms with E-state index in [0.717, 1.165) is 23.1 Å². The maximum Gasteiger partial charge on any atom is 0.270 e. The SMILES string of the molecule is CCn1ncc(Br)c1C(=O)NCCCn1nccc1C. The Bertz CT molecular complexity index is 589. The lowest BCUT2D eigenvalue weighted by Gasteiger charge is -2.08. The van der Waals surface area contributed by atoms with E-state index < -0.39 is 0 Å². The van der Waals surface area contributed by atoms with E-state index in [0.29, 0.717) is 18.8 Å². The first-order chi connectivity index (χ1) is 9.63. The summed E-state index contributed by atoms with van der Waals surface area (Å²) in [6.07, 6.45) is 4.27. The lowest BCUT2D eigenvalue weighted by molar-refractivity contribution is 0.0941. The number of carbonyl (C=O) groups excluding carboxylic acids is 1. The largest absolute Gasteiger partial charge is 0.351 e. The van der Waals surface area contributed by atoms with Crippen molar-refractivity contribution in [3.8, 4) is 0 Å². The minimum atomic E-state index is -0.103. The molecule has 2 heterocycles. The van der Waals surface area contributed by atoms with Gasteiger partial charge >= 0.3 is 0 Å². The van der Waals surface area contributed by atoms with E-state index in [2.05, 4.69) is 31.4 Å². The predicted octanol–water partition coefficient (Wildman–Crippen LogP) is 1.99. The first-order valence-electron chi connectivity index (χ1n) is 6.61. The highest BCUT2D eigenvalue weighted by atomic mass is 79.9. The molecule has 1 amide bonds. The molecule has 0 saturated heterocycles. The zero-order valence-corrected chi connectivity index (χ0v) is 13.2. The third kappa shape index (κ3) is 3.27. The van der Waals surface area contributed by atoms with E-state index in [4.69, 9.17) is 0 Å². The number of rotatable bonds is 6. The molecule has 0 unspecified atom stereocenters. The van der Waals surface area contributed by atoms with E-state index in [1.54, 1.807) is 17.1 Å². The highest BCUT2D eigenvalue weighted by Gasteiger charge is 2.15. The summed E-state index contributed by atoms with van der Waals surface area (Å²) < 4.78 is 4.33. The Hall–Kier alpha value is -1.63. The van der Waals surface area contributed by atoms with Gasteiger partial charge in [0.25, 0.3) is 5.91 Å². The molecule has 0 bridgehead atoms. The first-order valence-corrected chi connectivity index (χ1v) is 7.40. The number of hydrogen-bond donors (Lipinski definition) is 1. The predicted molar refractivity (Wildman–Crippen MR) is 79.5 cm³/mol. The molecule has 108 valence electrons. The van der Waals surface area contributed by atoms with Gasteiger partial charge in [0.1, 0.15) is 5.69 Å². The molecule has 2 aromatic heterocycles. The molecule has 0 aromatic carbocycles. The summed E-state index contributed by atoms with van der Waals surface area (Å²) in [5, 5.41) is 11.2. The molecule has 2 aromatic rings. The van der Waals surface area contributed by atoms with Crippen LogP contribution in [0, 0.1) is 6.92 Å². The van der Waals surface area contributed by atoms with Crippen LogP contribution in [0.15, 0.2) is 22.9 Å². The lowest BCUT2D eigenvalue weighted by Crippen LogP contribution is -2.28. The van der Waals surface area contributed by atoms with E-state index in [1.807, 2.05) is 24.6 Å². The van der Waals surface area contributed by atoms with Crippen LogP contribution >= 0.6 is 15.9 Å².